The molecule has 0 aliphatic heterocycles. The Hall–Kier alpha value is -1.98. The third kappa shape index (κ3) is 2.89. The molecule has 1 aromatic heterocycles. The second kappa shape index (κ2) is 5.42. The number of hydrogen-bond donors (Lipinski definition) is 0. The molecule has 3 rings (SSSR count). The normalized spacial score (nSPS) is 11.5. The monoisotopic (exact) mass is 315 g/mol. The van der Waals surface area contributed by atoms with Crippen LogP contribution in [0.15, 0.2) is 65.1 Å². The zero-order chi connectivity index (χ0) is 14.9. The summed E-state index contributed by atoms with van der Waals surface area (Å²) in [6.07, 6.45) is 3.02. The van der Waals surface area contributed by atoms with E-state index in [1.807, 2.05) is 36.4 Å². The van der Waals surface area contributed by atoms with Crippen molar-refractivity contribution in [3.05, 3.63) is 60.2 Å². The number of sulfone groups is 1. The molecule has 3 nitrogen and oxygen atoms in total. The average molecular weight is 315 g/mol. The largest absolute Gasteiger partial charge is 0.252 e. The van der Waals surface area contributed by atoms with Crippen molar-refractivity contribution in [2.45, 2.75) is 4.90 Å². The lowest BCUT2D eigenvalue weighted by molar-refractivity contribution is 0.602. The van der Waals surface area contributed by atoms with E-state index in [0.717, 1.165) is 21.6 Å². The van der Waals surface area contributed by atoms with Crippen molar-refractivity contribution in [1.29, 1.82) is 0 Å². The molecule has 0 fully saturated rings. The first-order chi connectivity index (χ1) is 10.1. The van der Waals surface area contributed by atoms with Crippen molar-refractivity contribution in [2.24, 2.45) is 0 Å². The van der Waals surface area contributed by atoms with Crippen LogP contribution in [0.4, 0.5) is 0 Å². The Labute approximate surface area is 127 Å². The van der Waals surface area contributed by atoms with Crippen LogP contribution >= 0.6 is 11.3 Å². The quantitative estimate of drug-likeness (QED) is 0.737. The Balaban J connectivity index is 2.27. The lowest BCUT2D eigenvalue weighted by Crippen LogP contribution is -1.98. The molecule has 0 saturated heterocycles. The fourth-order valence-electron chi connectivity index (χ4n) is 2.17. The fraction of sp³-hybridized carbons (Fsp3) is 0.0625. The Morgan fingerprint density at radius 3 is 2.38 bits per heavy atom. The van der Waals surface area contributed by atoms with E-state index in [2.05, 4.69) is 4.98 Å². The van der Waals surface area contributed by atoms with Gasteiger partial charge in [-0.2, -0.15) is 0 Å². The van der Waals surface area contributed by atoms with Crippen LogP contribution in [0.2, 0.25) is 0 Å². The van der Waals surface area contributed by atoms with Crippen LogP contribution in [-0.2, 0) is 9.84 Å². The maximum atomic E-state index is 11.8. The molecule has 0 radical (unpaired) electrons. The molecular formula is C16H13NO2S2. The molecule has 106 valence electrons. The smallest absolute Gasteiger partial charge is 0.175 e. The highest BCUT2D eigenvalue weighted by atomic mass is 32.2. The van der Waals surface area contributed by atoms with E-state index >= 15 is 0 Å². The van der Waals surface area contributed by atoms with E-state index in [9.17, 15) is 8.42 Å². The van der Waals surface area contributed by atoms with Crippen molar-refractivity contribution in [3.8, 4) is 21.6 Å². The predicted molar refractivity (Wildman–Crippen MR) is 86.1 cm³/mol. The minimum atomic E-state index is -3.23. The minimum Gasteiger partial charge on any atom is -0.252 e. The lowest BCUT2D eigenvalue weighted by Gasteiger charge is -2.10. The number of benzene rings is 2. The summed E-state index contributed by atoms with van der Waals surface area (Å²) in [6.45, 7) is 0. The summed E-state index contributed by atoms with van der Waals surface area (Å²) in [6, 6.07) is 15.0. The van der Waals surface area contributed by atoms with Gasteiger partial charge in [-0.3, -0.25) is 4.98 Å². The van der Waals surface area contributed by atoms with E-state index in [4.69, 9.17) is 0 Å². The standard InChI is InChI=1S/C16H13NO2S2/c1-21(18,19)13-7-8-14(16-10-17-11-20-16)15(9-13)12-5-3-2-4-6-12/h2-11H,1H3. The van der Waals surface area contributed by atoms with Gasteiger partial charge in [0.15, 0.2) is 9.84 Å². The van der Waals surface area contributed by atoms with Crippen LogP contribution in [-0.4, -0.2) is 19.7 Å². The van der Waals surface area contributed by atoms with Gasteiger partial charge in [-0.1, -0.05) is 36.4 Å². The summed E-state index contributed by atoms with van der Waals surface area (Å²) in [5.41, 5.74) is 4.67. The molecule has 0 aliphatic carbocycles. The number of rotatable bonds is 3. The second-order valence-electron chi connectivity index (χ2n) is 4.71. The Bertz CT molecular complexity index is 855. The summed E-state index contributed by atoms with van der Waals surface area (Å²) >= 11 is 1.54. The van der Waals surface area contributed by atoms with E-state index in [1.165, 1.54) is 17.6 Å². The minimum absolute atomic E-state index is 0.328. The van der Waals surface area contributed by atoms with Crippen molar-refractivity contribution in [2.75, 3.05) is 6.26 Å². The first kappa shape index (κ1) is 14.0. The number of hydrogen-bond acceptors (Lipinski definition) is 4. The third-order valence-corrected chi connectivity index (χ3v) is 5.12. The van der Waals surface area contributed by atoms with Gasteiger partial charge in [0.2, 0.25) is 0 Å². The van der Waals surface area contributed by atoms with Gasteiger partial charge in [-0.25, -0.2) is 8.42 Å². The zero-order valence-electron chi connectivity index (χ0n) is 11.4. The first-order valence-corrected chi connectivity index (χ1v) is 9.11. The highest BCUT2D eigenvalue weighted by molar-refractivity contribution is 7.90. The SMILES string of the molecule is CS(=O)(=O)c1ccc(-c2cncs2)c(-c2ccccc2)c1. The molecule has 0 atom stereocenters. The van der Waals surface area contributed by atoms with Gasteiger partial charge in [0.05, 0.1) is 15.3 Å². The maximum Gasteiger partial charge on any atom is 0.175 e. The van der Waals surface area contributed by atoms with Crippen LogP contribution in [0.3, 0.4) is 0 Å². The van der Waals surface area contributed by atoms with E-state index in [0.29, 0.717) is 4.90 Å². The van der Waals surface area contributed by atoms with Gasteiger partial charge >= 0.3 is 0 Å². The Kier molecular flexibility index (Phi) is 3.61. The fourth-order valence-corrected chi connectivity index (χ4v) is 3.48. The molecule has 0 saturated carbocycles. The summed E-state index contributed by atoms with van der Waals surface area (Å²) in [7, 11) is -3.23. The maximum absolute atomic E-state index is 11.8. The molecule has 0 spiro atoms. The molecule has 1 heterocycles. The van der Waals surface area contributed by atoms with Crippen molar-refractivity contribution < 1.29 is 8.42 Å². The number of thiazole rings is 1. The van der Waals surface area contributed by atoms with Crippen LogP contribution in [0, 0.1) is 0 Å². The average Bonchev–Trinajstić information content (AvgIpc) is 3.01. The summed E-state index contributed by atoms with van der Waals surface area (Å²) in [5.74, 6) is 0. The van der Waals surface area contributed by atoms with Crippen molar-refractivity contribution >= 4 is 21.2 Å². The molecule has 0 amide bonds. The number of nitrogens with zero attached hydrogens (tertiary/aromatic N) is 1. The highest BCUT2D eigenvalue weighted by Gasteiger charge is 2.14. The molecule has 3 aromatic rings. The van der Waals surface area contributed by atoms with Gasteiger partial charge < -0.3 is 0 Å². The lowest BCUT2D eigenvalue weighted by atomic mass is 9.99. The molecule has 0 N–H and O–H groups in total. The number of aromatic nitrogens is 1. The topological polar surface area (TPSA) is 47.0 Å². The predicted octanol–water partition coefficient (Wildman–Crippen LogP) is 3.88. The molecular weight excluding hydrogens is 302 g/mol. The van der Waals surface area contributed by atoms with Crippen LogP contribution in [0.25, 0.3) is 21.6 Å². The van der Waals surface area contributed by atoms with Gasteiger partial charge in [-0.05, 0) is 23.3 Å². The van der Waals surface area contributed by atoms with Crippen LogP contribution in [0.5, 0.6) is 0 Å². The highest BCUT2D eigenvalue weighted by Crippen LogP contribution is 2.35. The van der Waals surface area contributed by atoms with Crippen LogP contribution in [0.1, 0.15) is 0 Å². The Morgan fingerprint density at radius 1 is 1.00 bits per heavy atom. The molecule has 21 heavy (non-hydrogen) atoms. The summed E-state index contributed by atoms with van der Waals surface area (Å²) in [4.78, 5) is 5.46. The molecule has 5 heteroatoms. The van der Waals surface area contributed by atoms with Crippen LogP contribution < -0.4 is 0 Å². The first-order valence-electron chi connectivity index (χ1n) is 6.34. The summed E-state index contributed by atoms with van der Waals surface area (Å²) < 4.78 is 23.6. The van der Waals surface area contributed by atoms with E-state index in [1.54, 1.807) is 23.8 Å². The van der Waals surface area contributed by atoms with Gasteiger partial charge in [0, 0.05) is 18.0 Å². The van der Waals surface area contributed by atoms with Crippen molar-refractivity contribution in [3.63, 3.8) is 0 Å². The molecule has 2 aromatic carbocycles. The van der Waals surface area contributed by atoms with Gasteiger partial charge in [0.1, 0.15) is 0 Å². The molecule has 0 unspecified atom stereocenters. The van der Waals surface area contributed by atoms with E-state index < -0.39 is 9.84 Å². The molecule has 0 aliphatic rings. The summed E-state index contributed by atoms with van der Waals surface area (Å²) in [5, 5.41) is 0. The van der Waals surface area contributed by atoms with Gasteiger partial charge in [0.25, 0.3) is 0 Å². The molecule has 0 bridgehead atoms. The third-order valence-electron chi connectivity index (χ3n) is 3.20. The second-order valence-corrected chi connectivity index (χ2v) is 7.61. The zero-order valence-corrected chi connectivity index (χ0v) is 13.0. The van der Waals surface area contributed by atoms with E-state index in [-0.39, 0.29) is 0 Å². The van der Waals surface area contributed by atoms with Crippen molar-refractivity contribution in [1.82, 2.24) is 4.98 Å². The van der Waals surface area contributed by atoms with Gasteiger partial charge in [-0.15, -0.1) is 11.3 Å². The Morgan fingerprint density at radius 2 is 1.76 bits per heavy atom.